The van der Waals surface area contributed by atoms with Crippen molar-refractivity contribution in [3.05, 3.63) is 58.0 Å². The Bertz CT molecular complexity index is 929. The molecule has 150 valence electrons. The van der Waals surface area contributed by atoms with Gasteiger partial charge in [0.1, 0.15) is 0 Å². The van der Waals surface area contributed by atoms with Crippen LogP contribution in [-0.4, -0.2) is 31.2 Å². The first-order valence-electron chi connectivity index (χ1n) is 9.20. The van der Waals surface area contributed by atoms with Gasteiger partial charge < -0.3 is 5.32 Å². The molecule has 1 aliphatic rings. The molecular formula is C20H22BrClN2O3S. The number of nitrogens with one attached hydrogen (secondary N) is 1. The van der Waals surface area contributed by atoms with E-state index in [-0.39, 0.29) is 23.4 Å². The highest BCUT2D eigenvalue weighted by Gasteiger charge is 2.34. The Kier molecular flexibility index (Phi) is 7.15. The highest BCUT2D eigenvalue weighted by molar-refractivity contribution is 9.10. The van der Waals surface area contributed by atoms with E-state index in [0.717, 1.165) is 36.6 Å². The molecule has 2 aromatic rings. The third-order valence-corrected chi connectivity index (χ3v) is 7.71. The lowest BCUT2D eigenvalue weighted by atomic mass is 9.95. The van der Waals surface area contributed by atoms with Crippen molar-refractivity contribution in [3.63, 3.8) is 0 Å². The minimum Gasteiger partial charge on any atom is -0.324 e. The van der Waals surface area contributed by atoms with Gasteiger partial charge in [-0.2, -0.15) is 4.31 Å². The molecule has 1 saturated carbocycles. The number of carbonyl (C=O) groups is 1. The van der Waals surface area contributed by atoms with Crippen LogP contribution in [0, 0.1) is 0 Å². The molecule has 0 spiro atoms. The highest BCUT2D eigenvalue weighted by atomic mass is 79.9. The van der Waals surface area contributed by atoms with Crippen molar-refractivity contribution < 1.29 is 13.2 Å². The lowest BCUT2D eigenvalue weighted by molar-refractivity contribution is -0.116. The third-order valence-electron chi connectivity index (χ3n) is 4.85. The van der Waals surface area contributed by atoms with Crippen LogP contribution in [-0.2, 0) is 14.8 Å². The molecule has 1 amide bonds. The van der Waals surface area contributed by atoms with E-state index in [1.807, 2.05) is 18.2 Å². The van der Waals surface area contributed by atoms with Crippen molar-refractivity contribution in [2.45, 2.75) is 43.0 Å². The number of amides is 1. The number of sulfonamides is 1. The van der Waals surface area contributed by atoms with Crippen molar-refractivity contribution in [3.8, 4) is 0 Å². The summed E-state index contributed by atoms with van der Waals surface area (Å²) < 4.78 is 28.7. The Morgan fingerprint density at radius 2 is 1.71 bits per heavy atom. The first-order valence-corrected chi connectivity index (χ1v) is 11.8. The van der Waals surface area contributed by atoms with Crippen molar-refractivity contribution in [2.75, 3.05) is 11.9 Å². The Hall–Kier alpha value is -1.41. The lowest BCUT2D eigenvalue weighted by Crippen LogP contribution is -2.45. The fourth-order valence-electron chi connectivity index (χ4n) is 3.42. The molecule has 28 heavy (non-hydrogen) atoms. The molecule has 0 unspecified atom stereocenters. The highest BCUT2D eigenvalue weighted by Crippen LogP contribution is 2.29. The summed E-state index contributed by atoms with van der Waals surface area (Å²) in [7, 11) is -3.81. The summed E-state index contributed by atoms with van der Waals surface area (Å²) in [5.41, 5.74) is 0.611. The van der Waals surface area contributed by atoms with Crippen LogP contribution in [0.3, 0.4) is 0 Å². The standard InChI is InChI=1S/C20H22BrClN2O3S/c21-18-8-4-5-9-19(18)23-20(25)14-24(16-6-2-1-3-7-16)28(26,27)17-12-10-15(22)11-13-17/h4-5,8-13,16H,1-3,6-7,14H2,(H,23,25). The van der Waals surface area contributed by atoms with Crippen LogP contribution in [0.25, 0.3) is 0 Å². The van der Waals surface area contributed by atoms with Gasteiger partial charge in [-0.1, -0.05) is 43.0 Å². The summed E-state index contributed by atoms with van der Waals surface area (Å²) in [5, 5.41) is 3.27. The zero-order valence-electron chi connectivity index (χ0n) is 15.3. The van der Waals surface area contributed by atoms with E-state index in [4.69, 9.17) is 11.6 Å². The fourth-order valence-corrected chi connectivity index (χ4v) is 5.57. The maximum Gasteiger partial charge on any atom is 0.243 e. The number of para-hydroxylation sites is 1. The second-order valence-electron chi connectivity index (χ2n) is 6.82. The predicted octanol–water partition coefficient (Wildman–Crippen LogP) is 5.06. The van der Waals surface area contributed by atoms with Gasteiger partial charge in [-0.05, 0) is 65.2 Å². The average Bonchev–Trinajstić information content (AvgIpc) is 2.69. The van der Waals surface area contributed by atoms with Crippen LogP contribution in [0.1, 0.15) is 32.1 Å². The van der Waals surface area contributed by atoms with E-state index >= 15 is 0 Å². The molecule has 0 aromatic heterocycles. The zero-order chi connectivity index (χ0) is 20.1. The third kappa shape index (κ3) is 5.14. The van der Waals surface area contributed by atoms with Crippen molar-refractivity contribution in [1.29, 1.82) is 0 Å². The van der Waals surface area contributed by atoms with Gasteiger partial charge in [-0.25, -0.2) is 8.42 Å². The summed E-state index contributed by atoms with van der Waals surface area (Å²) in [6, 6.07) is 13.1. The number of carbonyl (C=O) groups excluding carboxylic acids is 1. The Morgan fingerprint density at radius 1 is 1.07 bits per heavy atom. The minimum absolute atomic E-state index is 0.149. The van der Waals surface area contributed by atoms with Crippen LogP contribution >= 0.6 is 27.5 Å². The first kappa shape index (κ1) is 21.3. The van der Waals surface area contributed by atoms with E-state index in [1.165, 1.54) is 16.4 Å². The predicted molar refractivity (Wildman–Crippen MR) is 115 cm³/mol. The second-order valence-corrected chi connectivity index (χ2v) is 10.0. The van der Waals surface area contributed by atoms with E-state index in [2.05, 4.69) is 21.2 Å². The summed E-state index contributed by atoms with van der Waals surface area (Å²) >= 11 is 9.29. The topological polar surface area (TPSA) is 66.5 Å². The normalized spacial score (nSPS) is 15.5. The van der Waals surface area contributed by atoms with Gasteiger partial charge in [0.25, 0.3) is 0 Å². The number of hydrogen-bond donors (Lipinski definition) is 1. The lowest BCUT2D eigenvalue weighted by Gasteiger charge is -2.33. The van der Waals surface area contributed by atoms with Crippen LogP contribution in [0.15, 0.2) is 57.9 Å². The van der Waals surface area contributed by atoms with Crippen LogP contribution in [0.2, 0.25) is 5.02 Å². The van der Waals surface area contributed by atoms with Gasteiger partial charge in [0.2, 0.25) is 15.9 Å². The molecule has 0 saturated heterocycles. The van der Waals surface area contributed by atoms with Gasteiger partial charge in [0, 0.05) is 15.5 Å². The largest absolute Gasteiger partial charge is 0.324 e. The Labute approximate surface area is 179 Å². The minimum atomic E-state index is -3.81. The first-order chi connectivity index (χ1) is 13.4. The molecule has 0 atom stereocenters. The molecule has 1 aliphatic carbocycles. The van der Waals surface area contributed by atoms with Gasteiger partial charge >= 0.3 is 0 Å². The smallest absolute Gasteiger partial charge is 0.243 e. The SMILES string of the molecule is O=C(CN(C1CCCCC1)S(=O)(=O)c1ccc(Cl)cc1)Nc1ccccc1Br. The summed E-state index contributed by atoms with van der Waals surface area (Å²) in [5.74, 6) is -0.366. The molecule has 0 bridgehead atoms. The van der Waals surface area contributed by atoms with E-state index in [0.29, 0.717) is 10.7 Å². The van der Waals surface area contributed by atoms with Gasteiger partial charge in [-0.15, -0.1) is 0 Å². The monoisotopic (exact) mass is 484 g/mol. The molecular weight excluding hydrogens is 464 g/mol. The number of halogens is 2. The number of rotatable bonds is 6. The zero-order valence-corrected chi connectivity index (χ0v) is 18.4. The summed E-state index contributed by atoms with van der Waals surface area (Å²) in [4.78, 5) is 12.8. The molecule has 1 N–H and O–H groups in total. The number of nitrogens with zero attached hydrogens (tertiary/aromatic N) is 1. The van der Waals surface area contributed by atoms with Crippen molar-refractivity contribution >= 4 is 49.1 Å². The molecule has 5 nitrogen and oxygen atoms in total. The average molecular weight is 486 g/mol. The van der Waals surface area contributed by atoms with Crippen molar-refractivity contribution in [1.82, 2.24) is 4.31 Å². The molecule has 1 fully saturated rings. The van der Waals surface area contributed by atoms with Gasteiger partial charge in [0.05, 0.1) is 17.1 Å². The molecule has 0 radical (unpaired) electrons. The molecule has 0 aliphatic heterocycles. The summed E-state index contributed by atoms with van der Waals surface area (Å²) in [6.45, 7) is -0.225. The second kappa shape index (κ2) is 9.39. The van der Waals surface area contributed by atoms with Gasteiger partial charge in [-0.3, -0.25) is 4.79 Å². The Balaban J connectivity index is 1.85. The van der Waals surface area contributed by atoms with E-state index in [1.54, 1.807) is 18.2 Å². The van der Waals surface area contributed by atoms with E-state index < -0.39 is 10.0 Å². The number of hydrogen-bond acceptors (Lipinski definition) is 3. The molecule has 8 heteroatoms. The van der Waals surface area contributed by atoms with Gasteiger partial charge in [0.15, 0.2) is 0 Å². The molecule has 0 heterocycles. The molecule has 3 rings (SSSR count). The Morgan fingerprint density at radius 3 is 2.36 bits per heavy atom. The number of anilines is 1. The van der Waals surface area contributed by atoms with Crippen LogP contribution < -0.4 is 5.32 Å². The fraction of sp³-hybridized carbons (Fsp3) is 0.350. The van der Waals surface area contributed by atoms with Crippen molar-refractivity contribution in [2.24, 2.45) is 0 Å². The molecule has 2 aromatic carbocycles. The maximum atomic E-state index is 13.3. The van der Waals surface area contributed by atoms with Crippen LogP contribution in [0.5, 0.6) is 0 Å². The maximum absolute atomic E-state index is 13.3. The quantitative estimate of drug-likeness (QED) is 0.621. The van der Waals surface area contributed by atoms with Crippen LogP contribution in [0.4, 0.5) is 5.69 Å². The summed E-state index contributed by atoms with van der Waals surface area (Å²) in [6.07, 6.45) is 4.53. The van der Waals surface area contributed by atoms with E-state index in [9.17, 15) is 13.2 Å². The number of benzene rings is 2.